The Morgan fingerprint density at radius 2 is 1.82 bits per heavy atom. The Morgan fingerprint density at radius 1 is 1.12 bits per heavy atom. The molecule has 0 spiro atoms. The Bertz CT molecular complexity index is 513. The van der Waals surface area contributed by atoms with E-state index in [2.05, 4.69) is 0 Å². The lowest BCUT2D eigenvalue weighted by Crippen LogP contribution is -1.88. The molecular formula is C13H10ClFOS. The van der Waals surface area contributed by atoms with Gasteiger partial charge < -0.3 is 4.74 Å². The molecule has 0 fully saturated rings. The second-order valence-corrected chi connectivity index (χ2v) is 4.67. The molecule has 4 heteroatoms. The van der Waals surface area contributed by atoms with E-state index >= 15 is 0 Å². The minimum Gasteiger partial charge on any atom is -0.454 e. The van der Waals surface area contributed by atoms with Crippen molar-refractivity contribution in [1.29, 1.82) is 0 Å². The van der Waals surface area contributed by atoms with Gasteiger partial charge in [-0.2, -0.15) is 0 Å². The molecule has 2 aromatic carbocycles. The molecule has 2 rings (SSSR count). The Balaban J connectivity index is 2.19. The number of halogens is 2. The molecule has 0 saturated carbocycles. The molecule has 0 N–H and O–H groups in total. The first kappa shape index (κ1) is 12.3. The van der Waals surface area contributed by atoms with Gasteiger partial charge in [0.15, 0.2) is 11.6 Å². The van der Waals surface area contributed by atoms with Crippen molar-refractivity contribution in [2.45, 2.75) is 4.90 Å². The van der Waals surface area contributed by atoms with Crippen molar-refractivity contribution in [1.82, 2.24) is 0 Å². The van der Waals surface area contributed by atoms with Crippen LogP contribution in [0.25, 0.3) is 0 Å². The van der Waals surface area contributed by atoms with Gasteiger partial charge in [0.25, 0.3) is 0 Å². The minimum atomic E-state index is -0.466. The van der Waals surface area contributed by atoms with Gasteiger partial charge in [-0.05, 0) is 48.7 Å². The summed E-state index contributed by atoms with van der Waals surface area (Å²) in [6, 6.07) is 11.8. The van der Waals surface area contributed by atoms with Crippen LogP contribution in [0.4, 0.5) is 4.39 Å². The fourth-order valence-electron chi connectivity index (χ4n) is 1.33. The van der Waals surface area contributed by atoms with Crippen LogP contribution in [-0.2, 0) is 0 Å². The van der Waals surface area contributed by atoms with Gasteiger partial charge in [-0.1, -0.05) is 11.6 Å². The SMILES string of the molecule is CSc1ccc(Oc2ccc(Cl)cc2F)cc1. The van der Waals surface area contributed by atoms with Crippen LogP contribution in [0.2, 0.25) is 5.02 Å². The summed E-state index contributed by atoms with van der Waals surface area (Å²) in [5, 5.41) is 0.354. The molecule has 0 bridgehead atoms. The summed E-state index contributed by atoms with van der Waals surface area (Å²) >= 11 is 7.30. The standard InChI is InChI=1S/C13H10ClFOS/c1-17-11-5-3-10(4-6-11)16-13-7-2-9(14)8-12(13)15/h2-8H,1H3. The first-order valence-corrected chi connectivity index (χ1v) is 6.56. The van der Waals surface area contributed by atoms with Gasteiger partial charge >= 0.3 is 0 Å². The lowest BCUT2D eigenvalue weighted by atomic mass is 10.3. The van der Waals surface area contributed by atoms with Gasteiger partial charge in [0.1, 0.15) is 5.75 Å². The Labute approximate surface area is 109 Å². The average Bonchev–Trinajstić information content (AvgIpc) is 2.34. The molecule has 0 unspecified atom stereocenters. The quantitative estimate of drug-likeness (QED) is 0.725. The van der Waals surface area contributed by atoms with Crippen LogP contribution in [-0.4, -0.2) is 6.26 Å². The molecule has 0 heterocycles. The van der Waals surface area contributed by atoms with E-state index in [1.54, 1.807) is 30.0 Å². The summed E-state index contributed by atoms with van der Waals surface area (Å²) in [6.45, 7) is 0. The molecule has 0 amide bonds. The van der Waals surface area contributed by atoms with Crippen LogP contribution in [0.5, 0.6) is 11.5 Å². The molecule has 0 aliphatic rings. The molecule has 0 aliphatic heterocycles. The second-order valence-electron chi connectivity index (χ2n) is 3.35. The highest BCUT2D eigenvalue weighted by Crippen LogP contribution is 2.27. The highest BCUT2D eigenvalue weighted by atomic mass is 35.5. The summed E-state index contributed by atoms with van der Waals surface area (Å²) in [7, 11) is 0. The highest BCUT2D eigenvalue weighted by molar-refractivity contribution is 7.98. The fraction of sp³-hybridized carbons (Fsp3) is 0.0769. The second kappa shape index (κ2) is 5.43. The molecule has 0 saturated heterocycles. The van der Waals surface area contributed by atoms with Gasteiger partial charge in [0.2, 0.25) is 0 Å². The summed E-state index contributed by atoms with van der Waals surface area (Å²) in [5.74, 6) is 0.307. The smallest absolute Gasteiger partial charge is 0.167 e. The number of hydrogen-bond acceptors (Lipinski definition) is 2. The van der Waals surface area contributed by atoms with Crippen LogP contribution in [0, 0.1) is 5.82 Å². The topological polar surface area (TPSA) is 9.23 Å². The third-order valence-electron chi connectivity index (χ3n) is 2.18. The van der Waals surface area contributed by atoms with Crippen LogP contribution in [0.3, 0.4) is 0 Å². The van der Waals surface area contributed by atoms with E-state index in [0.29, 0.717) is 10.8 Å². The zero-order chi connectivity index (χ0) is 12.3. The molecule has 1 nitrogen and oxygen atoms in total. The van der Waals surface area contributed by atoms with Crippen LogP contribution in [0.15, 0.2) is 47.4 Å². The third-order valence-corrected chi connectivity index (χ3v) is 3.16. The normalized spacial score (nSPS) is 10.3. The Hall–Kier alpha value is -1.19. The van der Waals surface area contributed by atoms with E-state index in [1.807, 2.05) is 18.4 Å². The van der Waals surface area contributed by atoms with E-state index < -0.39 is 5.82 Å². The Kier molecular flexibility index (Phi) is 3.92. The zero-order valence-electron chi connectivity index (χ0n) is 9.11. The van der Waals surface area contributed by atoms with Gasteiger partial charge in [-0.25, -0.2) is 4.39 Å². The molecule has 17 heavy (non-hydrogen) atoms. The first-order valence-electron chi connectivity index (χ1n) is 4.96. The van der Waals surface area contributed by atoms with Gasteiger partial charge in [0, 0.05) is 9.92 Å². The minimum absolute atomic E-state index is 0.173. The van der Waals surface area contributed by atoms with Gasteiger partial charge in [0.05, 0.1) is 0 Å². The molecule has 0 radical (unpaired) electrons. The van der Waals surface area contributed by atoms with Crippen molar-refractivity contribution in [3.05, 3.63) is 53.3 Å². The summed E-state index contributed by atoms with van der Waals surface area (Å²) in [6.07, 6.45) is 1.99. The maximum atomic E-state index is 13.5. The number of thioether (sulfide) groups is 1. The maximum Gasteiger partial charge on any atom is 0.167 e. The molecule has 88 valence electrons. The number of hydrogen-bond donors (Lipinski definition) is 0. The molecule has 2 aromatic rings. The van der Waals surface area contributed by atoms with Crippen molar-refractivity contribution in [3.8, 4) is 11.5 Å². The first-order chi connectivity index (χ1) is 8.19. The summed E-state index contributed by atoms with van der Waals surface area (Å²) < 4.78 is 18.9. The molecule has 0 atom stereocenters. The van der Waals surface area contributed by atoms with E-state index in [0.717, 1.165) is 4.90 Å². The Morgan fingerprint density at radius 3 is 2.41 bits per heavy atom. The molecule has 0 aromatic heterocycles. The highest BCUT2D eigenvalue weighted by Gasteiger charge is 2.05. The van der Waals surface area contributed by atoms with E-state index in [4.69, 9.17) is 16.3 Å². The van der Waals surface area contributed by atoms with E-state index in [1.165, 1.54) is 12.1 Å². The lowest BCUT2D eigenvalue weighted by Gasteiger charge is -2.07. The number of benzene rings is 2. The lowest BCUT2D eigenvalue weighted by molar-refractivity contribution is 0.442. The van der Waals surface area contributed by atoms with E-state index in [9.17, 15) is 4.39 Å². The number of rotatable bonds is 3. The van der Waals surface area contributed by atoms with E-state index in [-0.39, 0.29) is 5.75 Å². The van der Waals surface area contributed by atoms with Crippen molar-refractivity contribution in [2.75, 3.05) is 6.26 Å². The van der Waals surface area contributed by atoms with Crippen LogP contribution < -0.4 is 4.74 Å². The molecule has 0 aliphatic carbocycles. The fourth-order valence-corrected chi connectivity index (χ4v) is 1.90. The predicted octanol–water partition coefficient (Wildman–Crippen LogP) is 4.99. The van der Waals surface area contributed by atoms with Gasteiger partial charge in [-0.3, -0.25) is 0 Å². The maximum absolute atomic E-state index is 13.5. The monoisotopic (exact) mass is 268 g/mol. The predicted molar refractivity (Wildman–Crippen MR) is 69.7 cm³/mol. The van der Waals surface area contributed by atoms with Crippen LogP contribution >= 0.6 is 23.4 Å². The summed E-state index contributed by atoms with van der Waals surface area (Å²) in [5.41, 5.74) is 0. The largest absolute Gasteiger partial charge is 0.454 e. The van der Waals surface area contributed by atoms with Crippen molar-refractivity contribution in [2.24, 2.45) is 0 Å². The average molecular weight is 269 g/mol. The molecular weight excluding hydrogens is 259 g/mol. The van der Waals surface area contributed by atoms with Crippen molar-refractivity contribution >= 4 is 23.4 Å². The van der Waals surface area contributed by atoms with Crippen LogP contribution in [0.1, 0.15) is 0 Å². The summed E-state index contributed by atoms with van der Waals surface area (Å²) in [4.78, 5) is 1.13. The number of ether oxygens (including phenoxy) is 1. The van der Waals surface area contributed by atoms with Gasteiger partial charge in [-0.15, -0.1) is 11.8 Å². The van der Waals surface area contributed by atoms with Crippen molar-refractivity contribution in [3.63, 3.8) is 0 Å². The third kappa shape index (κ3) is 3.14. The van der Waals surface area contributed by atoms with Crippen molar-refractivity contribution < 1.29 is 9.13 Å². The zero-order valence-corrected chi connectivity index (χ0v) is 10.7.